The number of hydrogen-bond donors (Lipinski definition) is 1. The maximum Gasteiger partial charge on any atom is 0.270 e. The molecule has 1 heterocycles. The van der Waals surface area contributed by atoms with Crippen molar-refractivity contribution in [3.05, 3.63) is 72.4 Å². The Bertz CT molecular complexity index is 849. The van der Waals surface area contributed by atoms with E-state index in [0.29, 0.717) is 5.69 Å². The van der Waals surface area contributed by atoms with E-state index >= 15 is 0 Å². The highest BCUT2D eigenvalue weighted by atomic mass is 16.2. The SMILES string of the molecule is O=C(NC1CCCC1)c1cc(-c2ccccc2)nn1-c1ccccc1. The van der Waals surface area contributed by atoms with Gasteiger partial charge in [-0.25, -0.2) is 4.68 Å². The van der Waals surface area contributed by atoms with Crippen LogP contribution in [0, 0.1) is 0 Å². The normalized spacial score (nSPS) is 14.6. The lowest BCUT2D eigenvalue weighted by atomic mass is 10.1. The fourth-order valence-corrected chi connectivity index (χ4v) is 3.39. The molecule has 0 saturated heterocycles. The zero-order valence-electron chi connectivity index (χ0n) is 14.1. The van der Waals surface area contributed by atoms with E-state index < -0.39 is 0 Å². The molecule has 0 aliphatic heterocycles. The number of benzene rings is 2. The van der Waals surface area contributed by atoms with Crippen molar-refractivity contribution in [2.24, 2.45) is 0 Å². The van der Waals surface area contributed by atoms with Crippen LogP contribution in [0.3, 0.4) is 0 Å². The maximum absolute atomic E-state index is 12.9. The van der Waals surface area contributed by atoms with Crippen molar-refractivity contribution in [3.8, 4) is 16.9 Å². The van der Waals surface area contributed by atoms with Gasteiger partial charge in [0.2, 0.25) is 0 Å². The Balaban J connectivity index is 1.73. The molecule has 4 nitrogen and oxygen atoms in total. The van der Waals surface area contributed by atoms with Crippen molar-refractivity contribution in [2.75, 3.05) is 0 Å². The Kier molecular flexibility index (Phi) is 4.34. The van der Waals surface area contributed by atoms with Gasteiger partial charge in [0.05, 0.1) is 11.4 Å². The molecule has 1 aliphatic rings. The number of aromatic nitrogens is 2. The highest BCUT2D eigenvalue weighted by molar-refractivity contribution is 5.94. The van der Waals surface area contributed by atoms with Crippen LogP contribution in [0.4, 0.5) is 0 Å². The molecule has 0 unspecified atom stereocenters. The second-order valence-corrected chi connectivity index (χ2v) is 6.48. The summed E-state index contributed by atoms with van der Waals surface area (Å²) in [4.78, 5) is 12.9. The molecule has 126 valence electrons. The van der Waals surface area contributed by atoms with E-state index in [-0.39, 0.29) is 11.9 Å². The summed E-state index contributed by atoms with van der Waals surface area (Å²) in [5.74, 6) is -0.0505. The molecule has 1 saturated carbocycles. The molecule has 25 heavy (non-hydrogen) atoms. The van der Waals surface area contributed by atoms with Crippen LogP contribution in [0.2, 0.25) is 0 Å². The first-order valence-electron chi connectivity index (χ1n) is 8.83. The Morgan fingerprint density at radius 2 is 1.60 bits per heavy atom. The molecule has 0 atom stereocenters. The summed E-state index contributed by atoms with van der Waals surface area (Å²) in [6.07, 6.45) is 4.52. The van der Waals surface area contributed by atoms with E-state index in [0.717, 1.165) is 29.8 Å². The van der Waals surface area contributed by atoms with E-state index in [1.807, 2.05) is 66.7 Å². The van der Waals surface area contributed by atoms with Gasteiger partial charge in [0, 0.05) is 11.6 Å². The van der Waals surface area contributed by atoms with Gasteiger partial charge in [0.1, 0.15) is 5.69 Å². The van der Waals surface area contributed by atoms with Crippen molar-refractivity contribution in [1.82, 2.24) is 15.1 Å². The van der Waals surface area contributed by atoms with E-state index in [2.05, 4.69) is 5.32 Å². The molecule has 4 rings (SSSR count). The summed E-state index contributed by atoms with van der Waals surface area (Å²) in [7, 11) is 0. The molecule has 0 spiro atoms. The Labute approximate surface area is 147 Å². The first-order valence-corrected chi connectivity index (χ1v) is 8.83. The van der Waals surface area contributed by atoms with Crippen LogP contribution in [-0.2, 0) is 0 Å². The second-order valence-electron chi connectivity index (χ2n) is 6.48. The van der Waals surface area contributed by atoms with Gasteiger partial charge < -0.3 is 5.32 Å². The van der Waals surface area contributed by atoms with Crippen molar-refractivity contribution < 1.29 is 4.79 Å². The fraction of sp³-hybridized carbons (Fsp3) is 0.238. The number of para-hydroxylation sites is 1. The minimum Gasteiger partial charge on any atom is -0.348 e. The van der Waals surface area contributed by atoms with E-state index in [9.17, 15) is 4.79 Å². The third-order valence-electron chi connectivity index (χ3n) is 4.70. The van der Waals surface area contributed by atoms with Crippen LogP contribution in [0.5, 0.6) is 0 Å². The van der Waals surface area contributed by atoms with Gasteiger partial charge in [-0.1, -0.05) is 61.4 Å². The zero-order chi connectivity index (χ0) is 17.1. The molecular weight excluding hydrogens is 310 g/mol. The van der Waals surface area contributed by atoms with Crippen molar-refractivity contribution in [2.45, 2.75) is 31.7 Å². The summed E-state index contributed by atoms with van der Waals surface area (Å²) < 4.78 is 1.74. The van der Waals surface area contributed by atoms with Crippen molar-refractivity contribution >= 4 is 5.91 Å². The van der Waals surface area contributed by atoms with Crippen LogP contribution in [0.1, 0.15) is 36.2 Å². The number of carbonyl (C=O) groups excluding carboxylic acids is 1. The summed E-state index contributed by atoms with van der Waals surface area (Å²) in [5, 5.41) is 7.87. The molecule has 1 aliphatic carbocycles. The van der Waals surface area contributed by atoms with Crippen LogP contribution in [0.15, 0.2) is 66.7 Å². The molecule has 3 aromatic rings. The number of nitrogens with one attached hydrogen (secondary N) is 1. The Morgan fingerprint density at radius 3 is 2.28 bits per heavy atom. The number of amides is 1. The van der Waals surface area contributed by atoms with Crippen LogP contribution < -0.4 is 5.32 Å². The maximum atomic E-state index is 12.9. The second kappa shape index (κ2) is 6.93. The first-order chi connectivity index (χ1) is 12.3. The molecule has 0 radical (unpaired) electrons. The van der Waals surface area contributed by atoms with Gasteiger partial charge in [-0.2, -0.15) is 5.10 Å². The number of nitrogens with zero attached hydrogens (tertiary/aromatic N) is 2. The largest absolute Gasteiger partial charge is 0.348 e. The summed E-state index contributed by atoms with van der Waals surface area (Å²) in [6, 6.07) is 21.9. The van der Waals surface area contributed by atoms with Crippen LogP contribution in [0.25, 0.3) is 16.9 Å². The topological polar surface area (TPSA) is 46.9 Å². The Morgan fingerprint density at radius 1 is 0.960 bits per heavy atom. The average molecular weight is 331 g/mol. The standard InChI is InChI=1S/C21H21N3O/c25-21(22-17-11-7-8-12-17)20-15-19(16-9-3-1-4-10-16)23-24(20)18-13-5-2-6-14-18/h1-6,9-10,13-15,17H,7-8,11-12H2,(H,22,25). The van der Waals surface area contributed by atoms with E-state index in [1.165, 1.54) is 12.8 Å². The Hall–Kier alpha value is -2.88. The quantitative estimate of drug-likeness (QED) is 0.778. The van der Waals surface area contributed by atoms with Gasteiger partial charge in [-0.3, -0.25) is 4.79 Å². The van der Waals surface area contributed by atoms with Crippen LogP contribution in [-0.4, -0.2) is 21.7 Å². The average Bonchev–Trinajstić information content (AvgIpc) is 3.33. The minimum atomic E-state index is -0.0505. The minimum absolute atomic E-state index is 0.0505. The van der Waals surface area contributed by atoms with Gasteiger partial charge in [-0.15, -0.1) is 0 Å². The molecule has 1 fully saturated rings. The van der Waals surface area contributed by atoms with Gasteiger partial charge >= 0.3 is 0 Å². The fourth-order valence-electron chi connectivity index (χ4n) is 3.39. The number of rotatable bonds is 4. The van der Waals surface area contributed by atoms with Gasteiger partial charge in [-0.05, 0) is 31.0 Å². The third kappa shape index (κ3) is 3.33. The molecular formula is C21H21N3O. The summed E-state index contributed by atoms with van der Waals surface area (Å²) in [5.41, 5.74) is 3.28. The van der Waals surface area contributed by atoms with Crippen LogP contribution >= 0.6 is 0 Å². The monoisotopic (exact) mass is 331 g/mol. The lowest BCUT2D eigenvalue weighted by Gasteiger charge is -2.12. The number of carbonyl (C=O) groups is 1. The highest BCUT2D eigenvalue weighted by Crippen LogP contribution is 2.23. The molecule has 1 N–H and O–H groups in total. The highest BCUT2D eigenvalue weighted by Gasteiger charge is 2.22. The van der Waals surface area contributed by atoms with E-state index in [4.69, 9.17) is 5.10 Å². The van der Waals surface area contributed by atoms with Gasteiger partial charge in [0.15, 0.2) is 0 Å². The predicted octanol–water partition coefficient (Wildman–Crippen LogP) is 4.21. The van der Waals surface area contributed by atoms with Gasteiger partial charge in [0.25, 0.3) is 5.91 Å². The summed E-state index contributed by atoms with van der Waals surface area (Å²) in [6.45, 7) is 0. The molecule has 4 heteroatoms. The molecule has 2 aromatic carbocycles. The zero-order valence-corrected chi connectivity index (χ0v) is 14.1. The molecule has 0 bridgehead atoms. The predicted molar refractivity (Wildman–Crippen MR) is 98.7 cm³/mol. The molecule has 1 amide bonds. The lowest BCUT2D eigenvalue weighted by molar-refractivity contribution is 0.0930. The van der Waals surface area contributed by atoms with Crippen molar-refractivity contribution in [1.29, 1.82) is 0 Å². The van der Waals surface area contributed by atoms with E-state index in [1.54, 1.807) is 4.68 Å². The van der Waals surface area contributed by atoms with Crippen molar-refractivity contribution in [3.63, 3.8) is 0 Å². The number of hydrogen-bond acceptors (Lipinski definition) is 2. The lowest BCUT2D eigenvalue weighted by Crippen LogP contribution is -2.33. The third-order valence-corrected chi connectivity index (χ3v) is 4.70. The summed E-state index contributed by atoms with van der Waals surface area (Å²) >= 11 is 0. The first kappa shape index (κ1) is 15.6. The molecule has 1 aromatic heterocycles. The smallest absolute Gasteiger partial charge is 0.270 e.